The third-order valence-electron chi connectivity index (χ3n) is 3.95. The minimum atomic E-state index is 0.315. The lowest BCUT2D eigenvalue weighted by atomic mass is 9.91. The van der Waals surface area contributed by atoms with Crippen molar-refractivity contribution in [2.75, 3.05) is 7.05 Å². The van der Waals surface area contributed by atoms with Crippen molar-refractivity contribution in [1.29, 1.82) is 0 Å². The molecule has 1 aliphatic rings. The molecule has 2 aromatic rings. The van der Waals surface area contributed by atoms with E-state index >= 15 is 0 Å². The summed E-state index contributed by atoms with van der Waals surface area (Å²) >= 11 is 0. The third kappa shape index (κ3) is 1.85. The molecule has 0 radical (unpaired) electrons. The van der Waals surface area contributed by atoms with Crippen molar-refractivity contribution in [2.45, 2.75) is 24.8 Å². The highest BCUT2D eigenvalue weighted by Crippen LogP contribution is 2.40. The van der Waals surface area contributed by atoms with Crippen LogP contribution in [0.3, 0.4) is 0 Å². The van der Waals surface area contributed by atoms with Crippen molar-refractivity contribution in [3.05, 3.63) is 53.3 Å². The van der Waals surface area contributed by atoms with Crippen LogP contribution in [0.1, 0.15) is 35.2 Å². The number of aromatic nitrogens is 2. The first-order valence-electron chi connectivity index (χ1n) is 6.54. The highest BCUT2D eigenvalue weighted by Gasteiger charge is 2.30. The van der Waals surface area contributed by atoms with Crippen molar-refractivity contribution in [1.82, 2.24) is 15.1 Å². The predicted molar refractivity (Wildman–Crippen MR) is 72.5 cm³/mol. The maximum absolute atomic E-state index is 4.55. The van der Waals surface area contributed by atoms with E-state index in [0.29, 0.717) is 12.0 Å². The Morgan fingerprint density at radius 2 is 2.17 bits per heavy atom. The van der Waals surface area contributed by atoms with Crippen molar-refractivity contribution in [2.24, 2.45) is 7.05 Å². The van der Waals surface area contributed by atoms with Crippen LogP contribution in [0.15, 0.2) is 36.5 Å². The molecule has 0 fully saturated rings. The Bertz CT molecular complexity index is 544. The van der Waals surface area contributed by atoms with Gasteiger partial charge in [0.2, 0.25) is 0 Å². The number of hydrogen-bond acceptors (Lipinski definition) is 2. The molecule has 2 unspecified atom stereocenters. The van der Waals surface area contributed by atoms with Crippen LogP contribution in [0.25, 0.3) is 0 Å². The SMILES string of the molecule is CNC(c1ccn(C)n1)C1CCc2ccccc21. The summed E-state index contributed by atoms with van der Waals surface area (Å²) in [4.78, 5) is 0. The van der Waals surface area contributed by atoms with Gasteiger partial charge in [-0.05, 0) is 37.1 Å². The highest BCUT2D eigenvalue weighted by atomic mass is 15.3. The quantitative estimate of drug-likeness (QED) is 0.894. The van der Waals surface area contributed by atoms with Crippen LogP contribution in [-0.2, 0) is 13.5 Å². The second kappa shape index (κ2) is 4.58. The smallest absolute Gasteiger partial charge is 0.0799 e. The first-order valence-corrected chi connectivity index (χ1v) is 6.54. The fraction of sp³-hybridized carbons (Fsp3) is 0.400. The van der Waals surface area contributed by atoms with Crippen LogP contribution in [0.2, 0.25) is 0 Å². The fourth-order valence-electron chi connectivity index (χ4n) is 3.09. The van der Waals surface area contributed by atoms with Crippen LogP contribution in [0, 0.1) is 0 Å². The number of nitrogens with zero attached hydrogens (tertiary/aromatic N) is 2. The lowest BCUT2D eigenvalue weighted by molar-refractivity contribution is 0.461. The maximum Gasteiger partial charge on any atom is 0.0799 e. The van der Waals surface area contributed by atoms with Crippen LogP contribution in [0.5, 0.6) is 0 Å². The second-order valence-electron chi connectivity index (χ2n) is 5.02. The summed E-state index contributed by atoms with van der Waals surface area (Å²) in [5.41, 5.74) is 4.13. The van der Waals surface area contributed by atoms with E-state index in [9.17, 15) is 0 Å². The Morgan fingerprint density at radius 1 is 1.33 bits per heavy atom. The molecule has 1 aromatic heterocycles. The van der Waals surface area contributed by atoms with E-state index in [0.717, 1.165) is 5.69 Å². The topological polar surface area (TPSA) is 29.9 Å². The van der Waals surface area contributed by atoms with Gasteiger partial charge in [0, 0.05) is 19.2 Å². The van der Waals surface area contributed by atoms with Crippen molar-refractivity contribution < 1.29 is 0 Å². The van der Waals surface area contributed by atoms with Gasteiger partial charge in [0.25, 0.3) is 0 Å². The maximum atomic E-state index is 4.55. The normalized spacial score (nSPS) is 19.8. The molecule has 0 saturated heterocycles. The van der Waals surface area contributed by atoms with Gasteiger partial charge in [-0.3, -0.25) is 4.68 Å². The van der Waals surface area contributed by atoms with E-state index in [-0.39, 0.29) is 0 Å². The van der Waals surface area contributed by atoms with Gasteiger partial charge in [-0.15, -0.1) is 0 Å². The number of benzene rings is 1. The molecule has 2 atom stereocenters. The summed E-state index contributed by atoms with van der Waals surface area (Å²) in [5, 5.41) is 7.99. The van der Waals surface area contributed by atoms with Gasteiger partial charge < -0.3 is 5.32 Å². The third-order valence-corrected chi connectivity index (χ3v) is 3.95. The molecule has 0 amide bonds. The summed E-state index contributed by atoms with van der Waals surface area (Å²) in [7, 11) is 4.00. The first kappa shape index (κ1) is 11.5. The molecule has 94 valence electrons. The van der Waals surface area contributed by atoms with Gasteiger partial charge >= 0.3 is 0 Å². The standard InChI is InChI=1S/C15H19N3/c1-16-15(14-9-10-18(2)17-14)13-8-7-11-5-3-4-6-12(11)13/h3-6,9-10,13,15-16H,7-8H2,1-2H3. The van der Waals surface area contributed by atoms with Crippen LogP contribution in [-0.4, -0.2) is 16.8 Å². The van der Waals surface area contributed by atoms with Crippen LogP contribution < -0.4 is 5.32 Å². The molecule has 3 heteroatoms. The van der Waals surface area contributed by atoms with E-state index in [1.54, 1.807) is 0 Å². The molecule has 3 nitrogen and oxygen atoms in total. The summed E-state index contributed by atoms with van der Waals surface area (Å²) in [6.45, 7) is 0. The van der Waals surface area contributed by atoms with Gasteiger partial charge in [0.1, 0.15) is 0 Å². The van der Waals surface area contributed by atoms with Crippen LogP contribution >= 0.6 is 0 Å². The summed E-state index contributed by atoms with van der Waals surface area (Å²) in [6.07, 6.45) is 4.41. The van der Waals surface area contributed by atoms with Crippen LogP contribution in [0.4, 0.5) is 0 Å². The lowest BCUT2D eigenvalue weighted by Crippen LogP contribution is -2.23. The molecular formula is C15H19N3. The van der Waals surface area contributed by atoms with Crippen molar-refractivity contribution in [3.63, 3.8) is 0 Å². The molecule has 0 saturated carbocycles. The average Bonchev–Trinajstić information content (AvgIpc) is 2.98. The summed E-state index contributed by atoms with van der Waals surface area (Å²) < 4.78 is 1.88. The van der Waals surface area contributed by atoms with Gasteiger partial charge in [-0.25, -0.2) is 0 Å². The number of hydrogen-bond donors (Lipinski definition) is 1. The van der Waals surface area contributed by atoms with Crippen molar-refractivity contribution in [3.8, 4) is 0 Å². The van der Waals surface area contributed by atoms with Gasteiger partial charge in [0.15, 0.2) is 0 Å². The van der Waals surface area contributed by atoms with Crippen molar-refractivity contribution >= 4 is 0 Å². The molecule has 1 aromatic carbocycles. The minimum Gasteiger partial charge on any atom is -0.311 e. The molecule has 1 N–H and O–H groups in total. The summed E-state index contributed by atoms with van der Waals surface area (Å²) in [6, 6.07) is 11.2. The molecule has 18 heavy (non-hydrogen) atoms. The summed E-state index contributed by atoms with van der Waals surface area (Å²) in [5.74, 6) is 0.543. The van der Waals surface area contributed by atoms with E-state index in [2.05, 4.69) is 40.7 Å². The Kier molecular flexibility index (Phi) is 2.92. The first-order chi connectivity index (χ1) is 8.79. The molecule has 1 aliphatic carbocycles. The minimum absolute atomic E-state index is 0.315. The Balaban J connectivity index is 1.95. The number of likely N-dealkylation sites (N-methyl/N-ethyl adjacent to an activating group) is 1. The molecule has 0 aliphatic heterocycles. The van der Waals surface area contributed by atoms with E-state index in [1.165, 1.54) is 24.0 Å². The zero-order valence-electron chi connectivity index (χ0n) is 10.9. The zero-order chi connectivity index (χ0) is 12.5. The van der Waals surface area contributed by atoms with Gasteiger partial charge in [-0.2, -0.15) is 5.10 Å². The highest BCUT2D eigenvalue weighted by molar-refractivity contribution is 5.37. The molecule has 0 bridgehead atoms. The predicted octanol–water partition coefficient (Wildman–Crippen LogP) is 2.41. The molecule has 1 heterocycles. The second-order valence-corrected chi connectivity index (χ2v) is 5.02. The lowest BCUT2D eigenvalue weighted by Gasteiger charge is -2.22. The molecular weight excluding hydrogens is 222 g/mol. The van der Waals surface area contributed by atoms with E-state index in [4.69, 9.17) is 0 Å². The largest absolute Gasteiger partial charge is 0.311 e. The zero-order valence-corrected chi connectivity index (χ0v) is 10.9. The van der Waals surface area contributed by atoms with Gasteiger partial charge in [0.05, 0.1) is 11.7 Å². The Labute approximate surface area is 108 Å². The van der Waals surface area contributed by atoms with E-state index < -0.39 is 0 Å². The monoisotopic (exact) mass is 241 g/mol. The number of aryl methyl sites for hydroxylation is 2. The average molecular weight is 241 g/mol. The molecule has 0 spiro atoms. The Hall–Kier alpha value is -1.61. The fourth-order valence-corrected chi connectivity index (χ4v) is 3.09. The Morgan fingerprint density at radius 3 is 2.89 bits per heavy atom. The number of fused-ring (bicyclic) bond motifs is 1. The van der Waals surface area contributed by atoms with E-state index in [1.807, 2.05) is 25.0 Å². The van der Waals surface area contributed by atoms with Gasteiger partial charge in [-0.1, -0.05) is 24.3 Å². The number of nitrogens with one attached hydrogen (secondary N) is 1. The number of rotatable bonds is 3. The molecule has 3 rings (SSSR count).